The van der Waals surface area contributed by atoms with Crippen LogP contribution in [0, 0.1) is 5.92 Å². The van der Waals surface area contributed by atoms with E-state index in [2.05, 4.69) is 19.2 Å². The molecule has 21 heavy (non-hydrogen) atoms. The van der Waals surface area contributed by atoms with Crippen molar-refractivity contribution in [1.29, 1.82) is 0 Å². The molecule has 1 heterocycles. The van der Waals surface area contributed by atoms with E-state index >= 15 is 0 Å². The number of carbonyl (C=O) groups is 3. The van der Waals surface area contributed by atoms with Crippen molar-refractivity contribution in [3.63, 3.8) is 0 Å². The highest BCUT2D eigenvalue weighted by molar-refractivity contribution is 5.90. The van der Waals surface area contributed by atoms with Gasteiger partial charge in [-0.2, -0.15) is 0 Å². The van der Waals surface area contributed by atoms with E-state index in [4.69, 9.17) is 0 Å². The van der Waals surface area contributed by atoms with Gasteiger partial charge in [-0.25, -0.2) is 9.59 Å². The van der Waals surface area contributed by atoms with Gasteiger partial charge in [-0.05, 0) is 25.2 Å². The molecule has 0 aromatic heterocycles. The van der Waals surface area contributed by atoms with Gasteiger partial charge < -0.3 is 15.3 Å². The summed E-state index contributed by atoms with van der Waals surface area (Å²) in [5.74, 6) is -0.914. The molecule has 0 radical (unpaired) electrons. The lowest BCUT2D eigenvalue weighted by Crippen LogP contribution is -2.62. The Bertz CT molecular complexity index is 434. The van der Waals surface area contributed by atoms with Gasteiger partial charge in [0.25, 0.3) is 0 Å². The molecule has 1 saturated carbocycles. The van der Waals surface area contributed by atoms with Gasteiger partial charge >= 0.3 is 12.0 Å². The van der Waals surface area contributed by atoms with Crippen LogP contribution in [0.25, 0.3) is 0 Å². The van der Waals surface area contributed by atoms with Crippen LogP contribution in [0.4, 0.5) is 4.79 Å². The lowest BCUT2D eigenvalue weighted by molar-refractivity contribution is -0.144. The lowest BCUT2D eigenvalue weighted by atomic mass is 10.1. The molecule has 0 aromatic rings. The number of urea groups is 1. The Kier molecular flexibility index (Phi) is 4.69. The number of amides is 3. The number of carbonyl (C=O) groups excluding carboxylic acids is 2. The molecule has 2 rings (SSSR count). The van der Waals surface area contributed by atoms with Crippen molar-refractivity contribution in [2.75, 3.05) is 19.6 Å². The van der Waals surface area contributed by atoms with Crippen molar-refractivity contribution in [1.82, 2.24) is 15.1 Å². The van der Waals surface area contributed by atoms with Crippen molar-refractivity contribution < 1.29 is 19.5 Å². The molecule has 2 fully saturated rings. The largest absolute Gasteiger partial charge is 0.480 e. The Balaban J connectivity index is 2.09. The Hall–Kier alpha value is -1.79. The SMILES string of the molecule is CC(C)CCN(C(=O)N1CC(=O)NCC1C(=O)O)C1CC1. The summed E-state index contributed by atoms with van der Waals surface area (Å²) in [6.07, 6.45) is 2.79. The number of carboxylic acids is 1. The standard InChI is InChI=1S/C14H23N3O4/c1-9(2)5-6-16(10-3-4-10)14(21)17-8-12(18)15-7-11(17)13(19)20/h9-11H,3-8H2,1-2H3,(H,15,18)(H,19,20). The first-order valence-corrected chi connectivity index (χ1v) is 7.47. The van der Waals surface area contributed by atoms with Crippen LogP contribution in [0.5, 0.6) is 0 Å². The maximum absolute atomic E-state index is 12.7. The van der Waals surface area contributed by atoms with E-state index < -0.39 is 12.0 Å². The zero-order chi connectivity index (χ0) is 15.6. The summed E-state index contributed by atoms with van der Waals surface area (Å²) < 4.78 is 0. The Morgan fingerprint density at radius 1 is 1.43 bits per heavy atom. The smallest absolute Gasteiger partial charge is 0.328 e. The molecule has 7 heteroatoms. The van der Waals surface area contributed by atoms with E-state index in [0.717, 1.165) is 19.3 Å². The maximum atomic E-state index is 12.7. The van der Waals surface area contributed by atoms with Gasteiger partial charge in [0, 0.05) is 19.1 Å². The van der Waals surface area contributed by atoms with Crippen molar-refractivity contribution in [3.05, 3.63) is 0 Å². The fourth-order valence-corrected chi connectivity index (χ4v) is 2.45. The monoisotopic (exact) mass is 297 g/mol. The predicted molar refractivity (Wildman–Crippen MR) is 75.7 cm³/mol. The van der Waals surface area contributed by atoms with Crippen LogP contribution in [0.2, 0.25) is 0 Å². The molecule has 1 atom stereocenters. The molecule has 1 unspecified atom stereocenters. The van der Waals surface area contributed by atoms with Crippen LogP contribution < -0.4 is 5.32 Å². The molecule has 2 aliphatic rings. The predicted octanol–water partition coefficient (Wildman–Crippen LogP) is 0.502. The van der Waals surface area contributed by atoms with Crippen LogP contribution in [-0.4, -0.2) is 64.5 Å². The molecular formula is C14H23N3O4. The summed E-state index contributed by atoms with van der Waals surface area (Å²) in [5, 5.41) is 11.7. The number of hydrogen-bond donors (Lipinski definition) is 2. The average molecular weight is 297 g/mol. The molecule has 7 nitrogen and oxygen atoms in total. The summed E-state index contributed by atoms with van der Waals surface area (Å²) in [6.45, 7) is 4.59. The van der Waals surface area contributed by atoms with E-state index in [0.29, 0.717) is 12.5 Å². The zero-order valence-electron chi connectivity index (χ0n) is 12.5. The summed E-state index contributed by atoms with van der Waals surface area (Å²) in [7, 11) is 0. The molecular weight excluding hydrogens is 274 g/mol. The third-order valence-electron chi connectivity index (χ3n) is 3.89. The fourth-order valence-electron chi connectivity index (χ4n) is 2.45. The highest BCUT2D eigenvalue weighted by Gasteiger charge is 2.41. The second-order valence-electron chi connectivity index (χ2n) is 6.18. The summed E-state index contributed by atoms with van der Waals surface area (Å²) >= 11 is 0. The molecule has 0 bridgehead atoms. The fraction of sp³-hybridized carbons (Fsp3) is 0.786. The zero-order valence-corrected chi connectivity index (χ0v) is 12.5. The Labute approximate surface area is 124 Å². The number of hydrogen-bond acceptors (Lipinski definition) is 3. The number of nitrogens with one attached hydrogen (secondary N) is 1. The second-order valence-corrected chi connectivity index (χ2v) is 6.18. The molecule has 1 aliphatic carbocycles. The molecule has 1 aliphatic heterocycles. The van der Waals surface area contributed by atoms with Gasteiger partial charge in [-0.15, -0.1) is 0 Å². The third-order valence-corrected chi connectivity index (χ3v) is 3.89. The van der Waals surface area contributed by atoms with Crippen LogP contribution >= 0.6 is 0 Å². The maximum Gasteiger partial charge on any atom is 0.328 e. The van der Waals surface area contributed by atoms with E-state index in [1.807, 2.05) is 0 Å². The third kappa shape index (κ3) is 3.86. The first-order valence-electron chi connectivity index (χ1n) is 7.47. The van der Waals surface area contributed by atoms with Gasteiger partial charge in [0.2, 0.25) is 5.91 Å². The first kappa shape index (κ1) is 15.6. The van der Waals surface area contributed by atoms with Gasteiger partial charge in [0.15, 0.2) is 0 Å². The molecule has 118 valence electrons. The summed E-state index contributed by atoms with van der Waals surface area (Å²) in [4.78, 5) is 38.4. The van der Waals surface area contributed by atoms with E-state index in [9.17, 15) is 19.5 Å². The van der Waals surface area contributed by atoms with Crippen LogP contribution in [0.15, 0.2) is 0 Å². The molecule has 0 spiro atoms. The summed E-state index contributed by atoms with van der Waals surface area (Å²) in [5.41, 5.74) is 0. The van der Waals surface area contributed by atoms with Gasteiger partial charge in [0.05, 0.1) is 0 Å². The molecule has 3 amide bonds. The van der Waals surface area contributed by atoms with Gasteiger partial charge in [-0.3, -0.25) is 9.69 Å². The van der Waals surface area contributed by atoms with E-state index in [1.54, 1.807) is 4.90 Å². The number of carboxylic acid groups (broad SMARTS) is 1. The van der Waals surface area contributed by atoms with Gasteiger partial charge in [-0.1, -0.05) is 13.8 Å². The van der Waals surface area contributed by atoms with E-state index in [-0.39, 0.29) is 31.1 Å². The van der Waals surface area contributed by atoms with Crippen molar-refractivity contribution in [2.45, 2.75) is 45.2 Å². The van der Waals surface area contributed by atoms with E-state index in [1.165, 1.54) is 4.90 Å². The lowest BCUT2D eigenvalue weighted by Gasteiger charge is -2.37. The van der Waals surface area contributed by atoms with Crippen LogP contribution in [0.3, 0.4) is 0 Å². The highest BCUT2D eigenvalue weighted by atomic mass is 16.4. The number of rotatable bonds is 5. The van der Waals surface area contributed by atoms with Crippen LogP contribution in [0.1, 0.15) is 33.1 Å². The Morgan fingerprint density at radius 3 is 2.62 bits per heavy atom. The number of piperazine rings is 1. The van der Waals surface area contributed by atoms with Crippen molar-refractivity contribution in [3.8, 4) is 0 Å². The first-order chi connectivity index (χ1) is 9.90. The topological polar surface area (TPSA) is 90.0 Å². The van der Waals surface area contributed by atoms with Crippen molar-refractivity contribution in [2.24, 2.45) is 5.92 Å². The quantitative estimate of drug-likeness (QED) is 0.773. The van der Waals surface area contributed by atoms with Crippen molar-refractivity contribution >= 4 is 17.9 Å². The second kappa shape index (κ2) is 6.32. The normalized spacial score (nSPS) is 22.1. The molecule has 2 N–H and O–H groups in total. The molecule has 1 saturated heterocycles. The minimum Gasteiger partial charge on any atom is -0.480 e. The van der Waals surface area contributed by atoms with Crippen LogP contribution in [-0.2, 0) is 9.59 Å². The average Bonchev–Trinajstić information content (AvgIpc) is 3.22. The van der Waals surface area contributed by atoms with Gasteiger partial charge in [0.1, 0.15) is 12.6 Å². The highest BCUT2D eigenvalue weighted by Crippen LogP contribution is 2.29. The number of nitrogens with zero attached hydrogens (tertiary/aromatic N) is 2. The minimum atomic E-state index is -1.08. The molecule has 0 aromatic carbocycles. The summed E-state index contributed by atoms with van der Waals surface area (Å²) in [6, 6.07) is -1.09. The minimum absolute atomic E-state index is 0.0252. The number of aliphatic carboxylic acids is 1. The Morgan fingerprint density at radius 2 is 2.10 bits per heavy atom.